The van der Waals surface area contributed by atoms with E-state index in [1.807, 2.05) is 37.9 Å². The molecule has 0 saturated heterocycles. The van der Waals surface area contributed by atoms with E-state index in [1.165, 1.54) is 5.56 Å². The Morgan fingerprint density at radius 1 is 1.15 bits per heavy atom. The zero-order chi connectivity index (χ0) is 14.5. The highest BCUT2D eigenvalue weighted by Gasteiger charge is 2.06. The first-order valence-electron chi connectivity index (χ1n) is 7.16. The van der Waals surface area contributed by atoms with Gasteiger partial charge in [-0.25, -0.2) is 4.98 Å². The minimum absolute atomic E-state index is 1.03. The lowest BCUT2D eigenvalue weighted by molar-refractivity contribution is 1.05. The van der Waals surface area contributed by atoms with Gasteiger partial charge >= 0.3 is 0 Å². The van der Waals surface area contributed by atoms with Crippen molar-refractivity contribution >= 4 is 10.9 Å². The summed E-state index contributed by atoms with van der Waals surface area (Å²) in [6.07, 6.45) is 6.61. The molecule has 20 heavy (non-hydrogen) atoms. The lowest BCUT2D eigenvalue weighted by Crippen LogP contribution is -1.96. The molecule has 2 heterocycles. The van der Waals surface area contributed by atoms with Crippen molar-refractivity contribution in [3.63, 3.8) is 0 Å². The molecule has 3 rings (SSSR count). The second-order valence-corrected chi connectivity index (χ2v) is 4.46. The molecule has 0 spiro atoms. The Hall–Kier alpha value is -2.16. The van der Waals surface area contributed by atoms with Crippen molar-refractivity contribution < 1.29 is 0 Å². The van der Waals surface area contributed by atoms with Crippen LogP contribution in [0.3, 0.4) is 0 Å². The predicted molar refractivity (Wildman–Crippen MR) is 84.3 cm³/mol. The van der Waals surface area contributed by atoms with Crippen molar-refractivity contribution in [2.45, 2.75) is 34.1 Å². The summed E-state index contributed by atoms with van der Waals surface area (Å²) in [7, 11) is 0. The van der Waals surface area contributed by atoms with Crippen molar-refractivity contribution in [2.75, 3.05) is 0 Å². The average Bonchev–Trinajstić information content (AvgIpc) is 3.01. The highest BCUT2D eigenvalue weighted by molar-refractivity contribution is 5.87. The third-order valence-corrected chi connectivity index (χ3v) is 3.17. The normalized spacial score (nSPS) is 10.2. The van der Waals surface area contributed by atoms with Gasteiger partial charge in [0.2, 0.25) is 0 Å². The number of imidazole rings is 1. The third kappa shape index (κ3) is 2.72. The Labute approximate surface area is 120 Å². The number of aromatic nitrogens is 3. The van der Waals surface area contributed by atoms with Crippen LogP contribution in [0.2, 0.25) is 0 Å². The maximum Gasteiger partial charge on any atom is 0.0991 e. The number of fused-ring (bicyclic) bond motifs is 1. The van der Waals surface area contributed by atoms with E-state index in [1.54, 1.807) is 6.20 Å². The van der Waals surface area contributed by atoms with Crippen molar-refractivity contribution in [3.8, 4) is 5.69 Å². The van der Waals surface area contributed by atoms with Gasteiger partial charge in [0.1, 0.15) is 0 Å². The van der Waals surface area contributed by atoms with Crippen molar-refractivity contribution in [2.24, 2.45) is 0 Å². The molecule has 0 radical (unpaired) electrons. The molecular formula is C17H21N3. The van der Waals surface area contributed by atoms with E-state index in [4.69, 9.17) is 0 Å². The standard InChI is InChI=1S/C15H15N3.C2H6/c1-3-12-4-5-13-14(9-12)17-11(2)8-15(13)18-7-6-16-10-18;1-2/h4-10H,3H2,1-2H3;1-2H3. The van der Waals surface area contributed by atoms with E-state index in [0.29, 0.717) is 0 Å². The van der Waals surface area contributed by atoms with E-state index >= 15 is 0 Å². The van der Waals surface area contributed by atoms with Crippen LogP contribution in [0, 0.1) is 6.92 Å². The van der Waals surface area contributed by atoms with Gasteiger partial charge in [-0.15, -0.1) is 0 Å². The van der Waals surface area contributed by atoms with Gasteiger partial charge in [0.15, 0.2) is 0 Å². The van der Waals surface area contributed by atoms with Crippen molar-refractivity contribution in [1.29, 1.82) is 0 Å². The molecule has 0 aliphatic carbocycles. The number of aryl methyl sites for hydroxylation is 2. The minimum atomic E-state index is 1.03. The summed E-state index contributed by atoms with van der Waals surface area (Å²) in [6, 6.07) is 8.58. The number of nitrogens with zero attached hydrogens (tertiary/aromatic N) is 3. The highest BCUT2D eigenvalue weighted by Crippen LogP contribution is 2.23. The largest absolute Gasteiger partial charge is 0.306 e. The molecular weight excluding hydrogens is 246 g/mol. The quantitative estimate of drug-likeness (QED) is 0.692. The smallest absolute Gasteiger partial charge is 0.0991 e. The summed E-state index contributed by atoms with van der Waals surface area (Å²) in [4.78, 5) is 8.73. The molecule has 0 unspecified atom stereocenters. The SMILES string of the molecule is CC.CCc1ccc2c(-n3ccnc3)cc(C)nc2c1. The lowest BCUT2D eigenvalue weighted by Gasteiger charge is -2.09. The van der Waals surface area contributed by atoms with Crippen LogP contribution in [0.25, 0.3) is 16.6 Å². The first kappa shape index (κ1) is 14.3. The van der Waals surface area contributed by atoms with E-state index in [-0.39, 0.29) is 0 Å². The topological polar surface area (TPSA) is 30.7 Å². The molecule has 0 amide bonds. The summed E-state index contributed by atoms with van der Waals surface area (Å²) in [6.45, 7) is 8.19. The molecule has 0 fully saturated rings. The van der Waals surface area contributed by atoms with Crippen molar-refractivity contribution in [1.82, 2.24) is 14.5 Å². The fourth-order valence-corrected chi connectivity index (χ4v) is 2.22. The molecule has 2 aromatic heterocycles. The summed E-state index contributed by atoms with van der Waals surface area (Å²) < 4.78 is 2.03. The number of rotatable bonds is 2. The lowest BCUT2D eigenvalue weighted by atomic mass is 10.1. The van der Waals surface area contributed by atoms with E-state index in [2.05, 4.69) is 41.2 Å². The Morgan fingerprint density at radius 3 is 2.60 bits per heavy atom. The van der Waals surface area contributed by atoms with Crippen LogP contribution in [-0.2, 0) is 6.42 Å². The Morgan fingerprint density at radius 2 is 1.95 bits per heavy atom. The first-order valence-corrected chi connectivity index (χ1v) is 7.16. The first-order chi connectivity index (χ1) is 9.78. The predicted octanol–water partition coefficient (Wildman–Crippen LogP) is 4.32. The van der Waals surface area contributed by atoms with Crippen LogP contribution in [0.1, 0.15) is 32.0 Å². The van der Waals surface area contributed by atoms with Gasteiger partial charge in [-0.05, 0) is 31.0 Å². The van der Waals surface area contributed by atoms with Gasteiger partial charge in [-0.3, -0.25) is 4.98 Å². The highest BCUT2D eigenvalue weighted by atomic mass is 15.0. The van der Waals surface area contributed by atoms with Crippen LogP contribution in [0.4, 0.5) is 0 Å². The number of pyridine rings is 1. The molecule has 3 aromatic rings. The van der Waals surface area contributed by atoms with Crippen LogP contribution >= 0.6 is 0 Å². The van der Waals surface area contributed by atoms with Gasteiger partial charge < -0.3 is 4.57 Å². The molecule has 0 aliphatic heterocycles. The molecule has 0 atom stereocenters. The van der Waals surface area contributed by atoms with Gasteiger partial charge in [0.05, 0.1) is 17.5 Å². The molecule has 3 nitrogen and oxygen atoms in total. The zero-order valence-electron chi connectivity index (χ0n) is 12.6. The molecule has 1 aromatic carbocycles. The fraction of sp³-hybridized carbons (Fsp3) is 0.294. The van der Waals surface area contributed by atoms with Gasteiger partial charge in [0, 0.05) is 23.5 Å². The molecule has 0 saturated carbocycles. The van der Waals surface area contributed by atoms with Crippen LogP contribution < -0.4 is 0 Å². The summed E-state index contributed by atoms with van der Waals surface area (Å²) in [5, 5.41) is 1.16. The zero-order valence-corrected chi connectivity index (χ0v) is 12.6. The Bertz CT molecular complexity index is 685. The maximum absolute atomic E-state index is 4.62. The summed E-state index contributed by atoms with van der Waals surface area (Å²) >= 11 is 0. The van der Waals surface area contributed by atoms with E-state index in [0.717, 1.165) is 28.7 Å². The van der Waals surface area contributed by atoms with E-state index < -0.39 is 0 Å². The Kier molecular flexibility index (Phi) is 4.51. The van der Waals surface area contributed by atoms with Crippen LogP contribution in [-0.4, -0.2) is 14.5 Å². The number of hydrogen-bond donors (Lipinski definition) is 0. The van der Waals surface area contributed by atoms with Gasteiger partial charge in [0.25, 0.3) is 0 Å². The molecule has 3 heteroatoms. The average molecular weight is 267 g/mol. The molecule has 0 bridgehead atoms. The second-order valence-electron chi connectivity index (χ2n) is 4.46. The van der Waals surface area contributed by atoms with Crippen molar-refractivity contribution in [3.05, 3.63) is 54.2 Å². The summed E-state index contributed by atoms with van der Waals surface area (Å²) in [5.41, 5.74) is 4.53. The Balaban J connectivity index is 0.000000704. The van der Waals surface area contributed by atoms with Crippen LogP contribution in [0.15, 0.2) is 43.0 Å². The van der Waals surface area contributed by atoms with Crippen LogP contribution in [0.5, 0.6) is 0 Å². The maximum atomic E-state index is 4.62. The van der Waals surface area contributed by atoms with E-state index in [9.17, 15) is 0 Å². The van der Waals surface area contributed by atoms with Gasteiger partial charge in [-0.1, -0.05) is 32.9 Å². The molecule has 0 aliphatic rings. The van der Waals surface area contributed by atoms with Gasteiger partial charge in [-0.2, -0.15) is 0 Å². The molecule has 0 N–H and O–H groups in total. The summed E-state index contributed by atoms with van der Waals surface area (Å²) in [5.74, 6) is 0. The monoisotopic (exact) mass is 267 g/mol. The minimum Gasteiger partial charge on any atom is -0.306 e. The third-order valence-electron chi connectivity index (χ3n) is 3.17. The second kappa shape index (κ2) is 6.33. The number of hydrogen-bond acceptors (Lipinski definition) is 2. The molecule has 104 valence electrons. The number of benzene rings is 1. The fourth-order valence-electron chi connectivity index (χ4n) is 2.22.